The fraction of sp³-hybridized carbons (Fsp3) is 0.235. The Hall–Kier alpha value is -2.23. The van der Waals surface area contributed by atoms with Crippen molar-refractivity contribution in [1.29, 1.82) is 0 Å². The number of ether oxygens (including phenoxy) is 1. The van der Waals surface area contributed by atoms with Crippen LogP contribution in [-0.4, -0.2) is 12.4 Å². The van der Waals surface area contributed by atoms with E-state index in [1.807, 2.05) is 32.9 Å². The van der Waals surface area contributed by atoms with Crippen LogP contribution < -0.4 is 4.74 Å². The minimum absolute atomic E-state index is 0.256. The van der Waals surface area contributed by atoms with E-state index >= 15 is 0 Å². The van der Waals surface area contributed by atoms with Crippen LogP contribution in [0.15, 0.2) is 30.3 Å². The normalized spacial score (nSPS) is 10.5. The molecule has 0 atom stereocenters. The fourth-order valence-corrected chi connectivity index (χ4v) is 2.42. The van der Waals surface area contributed by atoms with Crippen molar-refractivity contribution in [1.82, 2.24) is 0 Å². The molecule has 0 radical (unpaired) electrons. The molecule has 0 heterocycles. The number of benzene rings is 2. The van der Waals surface area contributed by atoms with Crippen molar-refractivity contribution >= 4 is 5.78 Å². The Bertz CT molecular complexity index is 670. The lowest BCUT2D eigenvalue weighted by Gasteiger charge is -2.11. The molecule has 2 aromatic carbocycles. The number of hydrogen-bond donors (Lipinski definition) is 0. The van der Waals surface area contributed by atoms with E-state index in [9.17, 15) is 13.6 Å². The highest BCUT2D eigenvalue weighted by Crippen LogP contribution is 2.20. The number of aryl methyl sites for hydroxylation is 3. The first-order valence-electron chi connectivity index (χ1n) is 6.57. The molecule has 110 valence electrons. The van der Waals surface area contributed by atoms with E-state index < -0.39 is 11.6 Å². The summed E-state index contributed by atoms with van der Waals surface area (Å²) in [4.78, 5) is 12.2. The molecule has 0 saturated carbocycles. The molecule has 0 bridgehead atoms. The van der Waals surface area contributed by atoms with Crippen LogP contribution >= 0.6 is 0 Å². The molecule has 2 rings (SSSR count). The number of carbonyl (C=O) groups is 1. The second-order valence-corrected chi connectivity index (χ2v) is 5.06. The first-order valence-corrected chi connectivity index (χ1v) is 6.57. The Balaban J connectivity index is 2.18. The van der Waals surface area contributed by atoms with Crippen molar-refractivity contribution in [2.75, 3.05) is 6.61 Å². The van der Waals surface area contributed by atoms with Gasteiger partial charge in [-0.05, 0) is 44.0 Å². The maximum Gasteiger partial charge on any atom is 0.200 e. The first kappa shape index (κ1) is 15.2. The van der Waals surface area contributed by atoms with Crippen molar-refractivity contribution < 1.29 is 18.3 Å². The Kier molecular flexibility index (Phi) is 4.36. The monoisotopic (exact) mass is 290 g/mol. The summed E-state index contributed by atoms with van der Waals surface area (Å²) in [5.41, 5.74) is 3.33. The van der Waals surface area contributed by atoms with Crippen molar-refractivity contribution in [3.63, 3.8) is 0 Å². The molecule has 0 aliphatic rings. The number of halogens is 2. The summed E-state index contributed by atoms with van der Waals surface area (Å²) >= 11 is 0. The molecule has 0 aliphatic heterocycles. The van der Waals surface area contributed by atoms with E-state index in [2.05, 4.69) is 0 Å². The summed E-state index contributed by atoms with van der Waals surface area (Å²) in [7, 11) is 0. The molecule has 21 heavy (non-hydrogen) atoms. The summed E-state index contributed by atoms with van der Waals surface area (Å²) in [5.74, 6) is -1.82. The van der Waals surface area contributed by atoms with Crippen molar-refractivity contribution in [2.24, 2.45) is 0 Å². The third-order valence-corrected chi connectivity index (χ3v) is 3.21. The fourth-order valence-electron chi connectivity index (χ4n) is 2.42. The Labute approximate surface area is 122 Å². The summed E-state index contributed by atoms with van der Waals surface area (Å²) in [5, 5.41) is 0. The van der Waals surface area contributed by atoms with Gasteiger partial charge in [0.15, 0.2) is 18.2 Å². The van der Waals surface area contributed by atoms with Crippen LogP contribution in [0, 0.1) is 32.4 Å². The third kappa shape index (κ3) is 3.45. The molecule has 2 aromatic rings. The largest absolute Gasteiger partial charge is 0.482 e. The summed E-state index contributed by atoms with van der Waals surface area (Å²) in [6.07, 6.45) is 0. The zero-order chi connectivity index (χ0) is 15.6. The zero-order valence-corrected chi connectivity index (χ0v) is 12.2. The predicted molar refractivity (Wildman–Crippen MR) is 76.8 cm³/mol. The summed E-state index contributed by atoms with van der Waals surface area (Å²) in [6, 6.07) is 6.71. The molecule has 0 fully saturated rings. The van der Waals surface area contributed by atoms with Gasteiger partial charge >= 0.3 is 0 Å². The lowest BCUT2D eigenvalue weighted by atomic mass is 9.97. The Morgan fingerprint density at radius 2 is 1.67 bits per heavy atom. The van der Waals surface area contributed by atoms with E-state index in [0.29, 0.717) is 5.56 Å². The summed E-state index contributed by atoms with van der Waals surface area (Å²) < 4.78 is 31.6. The van der Waals surface area contributed by atoms with Crippen LogP contribution in [0.3, 0.4) is 0 Å². The van der Waals surface area contributed by atoms with Crippen LogP contribution in [0.25, 0.3) is 0 Å². The van der Waals surface area contributed by atoms with E-state index in [0.717, 1.165) is 34.9 Å². The Morgan fingerprint density at radius 1 is 1.05 bits per heavy atom. The number of hydrogen-bond acceptors (Lipinski definition) is 2. The number of ketones is 1. The highest BCUT2D eigenvalue weighted by Gasteiger charge is 2.15. The highest BCUT2D eigenvalue weighted by atomic mass is 19.1. The molecule has 0 aromatic heterocycles. The number of carbonyl (C=O) groups excluding carboxylic acids is 1. The standard InChI is InChI=1S/C17H16F2O2/c1-10-6-11(2)17(12(3)7-10)15(20)9-21-16-8-13(18)4-5-14(16)19/h4-8H,9H2,1-3H3. The van der Waals surface area contributed by atoms with Gasteiger partial charge in [0.05, 0.1) is 0 Å². The molecule has 4 heteroatoms. The van der Waals surface area contributed by atoms with Crippen LogP contribution in [0.4, 0.5) is 8.78 Å². The average molecular weight is 290 g/mol. The molecule has 0 amide bonds. The van der Waals surface area contributed by atoms with E-state index in [1.54, 1.807) is 0 Å². The predicted octanol–water partition coefficient (Wildman–Crippen LogP) is 4.15. The number of Topliss-reactive ketones (excluding diaryl/α,β-unsaturated/α-hetero) is 1. The quantitative estimate of drug-likeness (QED) is 0.791. The second-order valence-electron chi connectivity index (χ2n) is 5.06. The van der Waals surface area contributed by atoms with Crippen LogP contribution in [0.2, 0.25) is 0 Å². The zero-order valence-electron chi connectivity index (χ0n) is 12.2. The second kappa shape index (κ2) is 6.04. The van der Waals surface area contributed by atoms with Gasteiger partial charge in [-0.1, -0.05) is 17.7 Å². The molecule has 0 saturated heterocycles. The molecule has 0 N–H and O–H groups in total. The number of rotatable bonds is 4. The molecule has 2 nitrogen and oxygen atoms in total. The third-order valence-electron chi connectivity index (χ3n) is 3.21. The van der Waals surface area contributed by atoms with Gasteiger partial charge in [0.2, 0.25) is 5.78 Å². The van der Waals surface area contributed by atoms with Gasteiger partial charge in [0, 0.05) is 11.6 Å². The smallest absolute Gasteiger partial charge is 0.200 e. The maximum atomic E-state index is 13.4. The van der Waals surface area contributed by atoms with Crippen molar-refractivity contribution in [3.8, 4) is 5.75 Å². The van der Waals surface area contributed by atoms with Gasteiger partial charge in [-0.2, -0.15) is 0 Å². The van der Waals surface area contributed by atoms with Gasteiger partial charge in [-0.3, -0.25) is 4.79 Å². The first-order chi connectivity index (χ1) is 9.88. The van der Waals surface area contributed by atoms with E-state index in [1.165, 1.54) is 0 Å². The van der Waals surface area contributed by atoms with Crippen molar-refractivity contribution in [2.45, 2.75) is 20.8 Å². The van der Waals surface area contributed by atoms with Crippen LogP contribution in [-0.2, 0) is 0 Å². The van der Waals surface area contributed by atoms with Crippen LogP contribution in [0.1, 0.15) is 27.0 Å². The van der Waals surface area contributed by atoms with E-state index in [-0.39, 0.29) is 18.1 Å². The molecular formula is C17H16F2O2. The molecule has 0 spiro atoms. The van der Waals surface area contributed by atoms with Crippen molar-refractivity contribution in [3.05, 3.63) is 64.2 Å². The van der Waals surface area contributed by atoms with Gasteiger partial charge in [-0.15, -0.1) is 0 Å². The SMILES string of the molecule is Cc1cc(C)c(C(=O)COc2cc(F)ccc2F)c(C)c1. The highest BCUT2D eigenvalue weighted by molar-refractivity contribution is 6.00. The molecular weight excluding hydrogens is 274 g/mol. The van der Waals surface area contributed by atoms with Gasteiger partial charge in [0.1, 0.15) is 5.82 Å². The minimum atomic E-state index is -0.693. The summed E-state index contributed by atoms with van der Waals surface area (Å²) in [6.45, 7) is 5.31. The lowest BCUT2D eigenvalue weighted by molar-refractivity contribution is 0.0917. The topological polar surface area (TPSA) is 26.3 Å². The van der Waals surface area contributed by atoms with Crippen LogP contribution in [0.5, 0.6) is 5.75 Å². The van der Waals surface area contributed by atoms with Gasteiger partial charge < -0.3 is 4.74 Å². The minimum Gasteiger partial charge on any atom is -0.482 e. The maximum absolute atomic E-state index is 13.4. The Morgan fingerprint density at radius 3 is 2.29 bits per heavy atom. The molecule has 0 aliphatic carbocycles. The molecule has 0 unspecified atom stereocenters. The van der Waals surface area contributed by atoms with Gasteiger partial charge in [0.25, 0.3) is 0 Å². The lowest BCUT2D eigenvalue weighted by Crippen LogP contribution is -2.15. The average Bonchev–Trinajstić information content (AvgIpc) is 2.38. The van der Waals surface area contributed by atoms with E-state index in [4.69, 9.17) is 4.74 Å². The van der Waals surface area contributed by atoms with Gasteiger partial charge in [-0.25, -0.2) is 8.78 Å².